The largest absolute Gasteiger partial charge is 0.464 e. The van der Waals surface area contributed by atoms with E-state index in [-0.39, 0.29) is 18.4 Å². The van der Waals surface area contributed by atoms with Crippen LogP contribution in [-0.4, -0.2) is 27.9 Å². The van der Waals surface area contributed by atoms with E-state index >= 15 is 0 Å². The predicted molar refractivity (Wildman–Crippen MR) is 103 cm³/mol. The summed E-state index contributed by atoms with van der Waals surface area (Å²) in [5.74, 6) is -0.104. The lowest BCUT2D eigenvalue weighted by molar-refractivity contribution is -0.159. The Hall–Kier alpha value is -2.34. The zero-order valence-corrected chi connectivity index (χ0v) is 17.0. The van der Waals surface area contributed by atoms with E-state index in [4.69, 9.17) is 21.1 Å². The molecule has 0 spiro atoms. The van der Waals surface area contributed by atoms with E-state index in [1.165, 1.54) is 6.33 Å². The number of benzene rings is 1. The lowest BCUT2D eigenvalue weighted by Crippen LogP contribution is -2.40. The van der Waals surface area contributed by atoms with Gasteiger partial charge in [0.1, 0.15) is 12.4 Å². The molecule has 2 aromatic rings. The molecule has 0 bridgehead atoms. The minimum Gasteiger partial charge on any atom is -0.464 e. The summed E-state index contributed by atoms with van der Waals surface area (Å²) in [5, 5.41) is 0.572. The molecule has 7 heteroatoms. The Morgan fingerprint density at radius 1 is 1.15 bits per heavy atom. The maximum absolute atomic E-state index is 13.2. The number of esters is 1. The summed E-state index contributed by atoms with van der Waals surface area (Å²) in [4.78, 5) is 29.3. The van der Waals surface area contributed by atoms with Crippen molar-refractivity contribution in [1.29, 1.82) is 0 Å². The molecule has 146 valence electrons. The number of carbonyl (C=O) groups excluding carboxylic acids is 2. The molecule has 1 atom stereocenters. The van der Waals surface area contributed by atoms with Gasteiger partial charge in [-0.05, 0) is 58.9 Å². The van der Waals surface area contributed by atoms with Gasteiger partial charge in [-0.15, -0.1) is 0 Å². The van der Waals surface area contributed by atoms with Gasteiger partial charge in [0.15, 0.2) is 0 Å². The van der Waals surface area contributed by atoms with E-state index in [9.17, 15) is 9.59 Å². The van der Waals surface area contributed by atoms with Gasteiger partial charge in [-0.3, -0.25) is 14.2 Å². The van der Waals surface area contributed by atoms with E-state index in [0.717, 1.165) is 0 Å². The number of halogens is 1. The maximum atomic E-state index is 13.2. The van der Waals surface area contributed by atoms with Crippen LogP contribution in [0, 0.1) is 10.8 Å². The standard InChI is InChI=1S/C20H25ClN2O4/c1-19(2,3)18(25)26-12-20(4,5)16(24)17(23-11-10-22-13-23)27-15-8-6-14(21)7-9-15/h6-11,13,17H,12H2,1-5H3. The van der Waals surface area contributed by atoms with Crippen molar-refractivity contribution in [3.05, 3.63) is 48.0 Å². The third-order valence-corrected chi connectivity index (χ3v) is 4.18. The van der Waals surface area contributed by atoms with Crippen molar-refractivity contribution in [3.63, 3.8) is 0 Å². The number of aromatic nitrogens is 2. The van der Waals surface area contributed by atoms with Crippen molar-refractivity contribution in [3.8, 4) is 5.75 Å². The first-order valence-corrected chi connectivity index (χ1v) is 9.00. The molecule has 0 saturated heterocycles. The third kappa shape index (κ3) is 5.57. The van der Waals surface area contributed by atoms with Crippen LogP contribution in [0.25, 0.3) is 0 Å². The van der Waals surface area contributed by atoms with Gasteiger partial charge in [0, 0.05) is 17.4 Å². The van der Waals surface area contributed by atoms with Crippen molar-refractivity contribution in [2.75, 3.05) is 6.61 Å². The molecule has 1 unspecified atom stereocenters. The molecule has 0 fully saturated rings. The van der Waals surface area contributed by atoms with Crippen molar-refractivity contribution < 1.29 is 19.1 Å². The Morgan fingerprint density at radius 3 is 2.30 bits per heavy atom. The highest BCUT2D eigenvalue weighted by molar-refractivity contribution is 6.30. The first-order valence-electron chi connectivity index (χ1n) is 8.62. The number of imidazole rings is 1. The van der Waals surface area contributed by atoms with Crippen molar-refractivity contribution in [2.45, 2.75) is 40.8 Å². The topological polar surface area (TPSA) is 70.4 Å². The fraction of sp³-hybridized carbons (Fsp3) is 0.450. The van der Waals surface area contributed by atoms with Crippen molar-refractivity contribution in [1.82, 2.24) is 9.55 Å². The molecule has 2 rings (SSSR count). The van der Waals surface area contributed by atoms with Crippen LogP contribution in [0.3, 0.4) is 0 Å². The van der Waals surface area contributed by atoms with Crippen LogP contribution >= 0.6 is 11.6 Å². The number of Topliss-reactive ketones (excluding diaryl/α,β-unsaturated/α-hetero) is 1. The highest BCUT2D eigenvalue weighted by Crippen LogP contribution is 2.29. The normalized spacial score (nSPS) is 13.1. The fourth-order valence-corrected chi connectivity index (χ4v) is 2.29. The van der Waals surface area contributed by atoms with E-state index in [1.807, 2.05) is 0 Å². The van der Waals surface area contributed by atoms with Crippen molar-refractivity contribution >= 4 is 23.4 Å². The second-order valence-electron chi connectivity index (χ2n) is 8.01. The molecule has 27 heavy (non-hydrogen) atoms. The Labute approximate surface area is 164 Å². The number of hydrogen-bond donors (Lipinski definition) is 0. The quantitative estimate of drug-likeness (QED) is 0.657. The molecule has 1 heterocycles. The van der Waals surface area contributed by atoms with E-state index in [1.54, 1.807) is 75.8 Å². The van der Waals surface area contributed by atoms with Crippen LogP contribution < -0.4 is 4.74 Å². The van der Waals surface area contributed by atoms with Gasteiger partial charge < -0.3 is 9.47 Å². The number of nitrogens with zero attached hydrogens (tertiary/aromatic N) is 2. The summed E-state index contributed by atoms with van der Waals surface area (Å²) in [6, 6.07) is 6.74. The second-order valence-corrected chi connectivity index (χ2v) is 8.44. The zero-order valence-electron chi connectivity index (χ0n) is 16.2. The van der Waals surface area contributed by atoms with Crippen LogP contribution in [-0.2, 0) is 14.3 Å². The van der Waals surface area contributed by atoms with Gasteiger partial charge in [-0.1, -0.05) is 11.6 Å². The number of rotatable bonds is 7. The number of carbonyl (C=O) groups is 2. The average molecular weight is 393 g/mol. The summed E-state index contributed by atoms with van der Waals surface area (Å²) < 4.78 is 12.9. The molecule has 0 aliphatic rings. The first-order chi connectivity index (χ1) is 12.5. The smallest absolute Gasteiger partial charge is 0.311 e. The molecule has 1 aromatic heterocycles. The summed E-state index contributed by atoms with van der Waals surface area (Å²) in [5.41, 5.74) is -1.59. The molecule has 6 nitrogen and oxygen atoms in total. The Morgan fingerprint density at radius 2 is 1.78 bits per heavy atom. The molecule has 0 aliphatic carbocycles. The van der Waals surface area contributed by atoms with E-state index in [2.05, 4.69) is 4.98 Å². The molecular formula is C20H25ClN2O4. The molecule has 0 aliphatic heterocycles. The summed E-state index contributed by atoms with van der Waals surface area (Å²) in [7, 11) is 0. The van der Waals surface area contributed by atoms with E-state index in [0.29, 0.717) is 10.8 Å². The predicted octanol–water partition coefficient (Wildman–Crippen LogP) is 4.30. The lowest BCUT2D eigenvalue weighted by Gasteiger charge is -2.29. The summed E-state index contributed by atoms with van der Waals surface area (Å²) >= 11 is 5.90. The number of ketones is 1. The van der Waals surface area contributed by atoms with Gasteiger partial charge in [0.2, 0.25) is 12.0 Å². The van der Waals surface area contributed by atoms with E-state index < -0.39 is 17.1 Å². The van der Waals surface area contributed by atoms with Crippen LogP contribution in [0.2, 0.25) is 5.02 Å². The highest BCUT2D eigenvalue weighted by atomic mass is 35.5. The number of hydrogen-bond acceptors (Lipinski definition) is 5. The van der Waals surface area contributed by atoms with Gasteiger partial charge in [-0.25, -0.2) is 4.98 Å². The van der Waals surface area contributed by atoms with Gasteiger partial charge in [0.25, 0.3) is 0 Å². The Kier molecular flexibility index (Phi) is 6.31. The molecule has 0 saturated carbocycles. The van der Waals surface area contributed by atoms with Crippen LogP contribution in [0.15, 0.2) is 43.0 Å². The van der Waals surface area contributed by atoms with Crippen LogP contribution in [0.5, 0.6) is 5.75 Å². The number of ether oxygens (including phenoxy) is 2. The maximum Gasteiger partial charge on any atom is 0.311 e. The fourth-order valence-electron chi connectivity index (χ4n) is 2.17. The average Bonchev–Trinajstić information content (AvgIpc) is 3.12. The lowest BCUT2D eigenvalue weighted by atomic mass is 9.87. The van der Waals surface area contributed by atoms with Crippen LogP contribution in [0.4, 0.5) is 0 Å². The molecule has 0 radical (unpaired) electrons. The van der Waals surface area contributed by atoms with Crippen molar-refractivity contribution in [2.24, 2.45) is 10.8 Å². The summed E-state index contributed by atoms with van der Waals surface area (Å²) in [6.45, 7) is 8.70. The Balaban J connectivity index is 2.20. The Bertz CT molecular complexity index is 777. The molecule has 1 aromatic carbocycles. The molecule has 0 amide bonds. The summed E-state index contributed by atoms with van der Waals surface area (Å²) in [6.07, 6.45) is 3.78. The molecular weight excluding hydrogens is 368 g/mol. The third-order valence-electron chi connectivity index (χ3n) is 3.92. The second kappa shape index (κ2) is 8.13. The minimum absolute atomic E-state index is 0.0445. The highest BCUT2D eigenvalue weighted by Gasteiger charge is 2.38. The molecule has 0 N–H and O–H groups in total. The van der Waals surface area contributed by atoms with Gasteiger partial charge >= 0.3 is 5.97 Å². The SMILES string of the molecule is CC(C)(C)C(=O)OCC(C)(C)C(=O)C(Oc1ccc(Cl)cc1)n1ccnc1. The first kappa shape index (κ1) is 21.0. The minimum atomic E-state index is -0.956. The van der Waals surface area contributed by atoms with Gasteiger partial charge in [-0.2, -0.15) is 0 Å². The van der Waals surface area contributed by atoms with Crippen LogP contribution in [0.1, 0.15) is 40.8 Å². The monoisotopic (exact) mass is 392 g/mol. The van der Waals surface area contributed by atoms with Gasteiger partial charge in [0.05, 0.1) is 17.2 Å². The zero-order chi connectivity index (χ0) is 20.2.